The van der Waals surface area contributed by atoms with Crippen LogP contribution in [-0.4, -0.2) is 38.6 Å². The van der Waals surface area contributed by atoms with Gasteiger partial charge < -0.3 is 14.7 Å². The van der Waals surface area contributed by atoms with Gasteiger partial charge in [-0.2, -0.15) is 0 Å². The summed E-state index contributed by atoms with van der Waals surface area (Å²) < 4.78 is 0. The number of para-hydroxylation sites is 1. The van der Waals surface area contributed by atoms with Crippen molar-refractivity contribution in [3.8, 4) is 0 Å². The molecule has 6 heteroatoms. The molecule has 0 radical (unpaired) electrons. The van der Waals surface area contributed by atoms with E-state index in [1.165, 1.54) is 5.56 Å². The van der Waals surface area contributed by atoms with E-state index in [9.17, 15) is 14.4 Å². The Kier molecular flexibility index (Phi) is 4.22. The second kappa shape index (κ2) is 6.76. The molecule has 0 bridgehead atoms. The third kappa shape index (κ3) is 2.65. The highest BCUT2D eigenvalue weighted by Gasteiger charge is 2.36. The number of fused-ring (bicyclic) bond motifs is 1. The number of hydrogen-bond acceptors (Lipinski definition) is 5. The lowest BCUT2D eigenvalue weighted by Crippen LogP contribution is -2.49. The van der Waals surface area contributed by atoms with Crippen LogP contribution in [0.2, 0.25) is 0 Å². The first-order valence-corrected chi connectivity index (χ1v) is 10.4. The smallest absolute Gasteiger partial charge is 0.253 e. The van der Waals surface area contributed by atoms with Gasteiger partial charge in [-0.1, -0.05) is 18.2 Å². The summed E-state index contributed by atoms with van der Waals surface area (Å²) in [5.41, 5.74) is 2.84. The van der Waals surface area contributed by atoms with Gasteiger partial charge >= 0.3 is 0 Å². The van der Waals surface area contributed by atoms with Crippen LogP contribution in [0.3, 0.4) is 0 Å². The highest BCUT2D eigenvalue weighted by atomic mass is 16.2. The first-order valence-electron chi connectivity index (χ1n) is 10.4. The summed E-state index contributed by atoms with van der Waals surface area (Å²) in [6, 6.07) is 8.13. The second-order valence-electron chi connectivity index (χ2n) is 8.18. The summed E-state index contributed by atoms with van der Waals surface area (Å²) in [6.07, 6.45) is 4.53. The maximum atomic E-state index is 13.1. The van der Waals surface area contributed by atoms with Crippen molar-refractivity contribution in [2.45, 2.75) is 32.1 Å². The van der Waals surface area contributed by atoms with Crippen LogP contribution < -0.4 is 25.6 Å². The fraction of sp³-hybridized carbons (Fsp3) is 0.500. The van der Waals surface area contributed by atoms with Crippen LogP contribution in [0, 0.1) is 5.92 Å². The number of piperidine rings is 1. The third-order valence-corrected chi connectivity index (χ3v) is 6.60. The van der Waals surface area contributed by atoms with Crippen molar-refractivity contribution >= 4 is 23.0 Å². The van der Waals surface area contributed by atoms with Crippen molar-refractivity contribution < 1.29 is 4.79 Å². The van der Waals surface area contributed by atoms with Crippen LogP contribution in [0.5, 0.6) is 0 Å². The van der Waals surface area contributed by atoms with Gasteiger partial charge in [0, 0.05) is 44.3 Å². The van der Waals surface area contributed by atoms with Crippen molar-refractivity contribution in [1.29, 1.82) is 0 Å². The van der Waals surface area contributed by atoms with E-state index in [0.717, 1.165) is 57.4 Å². The molecule has 146 valence electrons. The van der Waals surface area contributed by atoms with E-state index in [2.05, 4.69) is 11.0 Å². The Hall–Kier alpha value is -2.63. The number of hydrogen-bond donors (Lipinski definition) is 0. The van der Waals surface area contributed by atoms with Crippen molar-refractivity contribution in [2.75, 3.05) is 47.4 Å². The first kappa shape index (κ1) is 17.5. The minimum atomic E-state index is -0.347. The van der Waals surface area contributed by atoms with Crippen LogP contribution >= 0.6 is 0 Å². The molecule has 3 aliphatic rings. The molecule has 0 aliphatic carbocycles. The Labute approximate surface area is 164 Å². The standard InChI is InChI=1S/C22H25N3O3/c26-20-18(23-10-3-4-11-23)19(21(20)27)24-12-7-16(8-13-24)22(28)25-14-9-15-5-1-2-6-17(15)25/h1-2,5-6,16H,3-4,7-14H2. The van der Waals surface area contributed by atoms with Crippen molar-refractivity contribution in [3.05, 3.63) is 50.3 Å². The number of nitrogens with zero attached hydrogens (tertiary/aromatic N) is 3. The molecule has 5 rings (SSSR count). The van der Waals surface area contributed by atoms with Crippen molar-refractivity contribution in [2.24, 2.45) is 5.92 Å². The largest absolute Gasteiger partial charge is 0.366 e. The molecule has 0 atom stereocenters. The molecule has 6 nitrogen and oxygen atoms in total. The van der Waals surface area contributed by atoms with E-state index < -0.39 is 0 Å². The fourth-order valence-electron chi connectivity index (χ4n) is 5.03. The van der Waals surface area contributed by atoms with E-state index in [1.54, 1.807) is 0 Å². The topological polar surface area (TPSA) is 60.9 Å². The first-order chi connectivity index (χ1) is 13.6. The van der Waals surface area contributed by atoms with Crippen LogP contribution in [-0.2, 0) is 11.2 Å². The molecule has 0 unspecified atom stereocenters. The molecule has 0 N–H and O–H groups in total. The highest BCUT2D eigenvalue weighted by Crippen LogP contribution is 2.33. The zero-order valence-corrected chi connectivity index (χ0v) is 16.0. The van der Waals surface area contributed by atoms with E-state index in [0.29, 0.717) is 24.5 Å². The zero-order valence-electron chi connectivity index (χ0n) is 16.0. The van der Waals surface area contributed by atoms with Gasteiger partial charge in [-0.25, -0.2) is 0 Å². The highest BCUT2D eigenvalue weighted by molar-refractivity contribution is 5.97. The van der Waals surface area contributed by atoms with E-state index in [1.807, 2.05) is 28.0 Å². The van der Waals surface area contributed by atoms with Gasteiger partial charge in [0.2, 0.25) is 5.91 Å². The lowest BCUT2D eigenvalue weighted by Gasteiger charge is -2.37. The summed E-state index contributed by atoms with van der Waals surface area (Å²) in [5.74, 6) is 0.193. The lowest BCUT2D eigenvalue weighted by atomic mass is 9.94. The summed E-state index contributed by atoms with van der Waals surface area (Å²) in [6.45, 7) is 3.81. The third-order valence-electron chi connectivity index (χ3n) is 6.60. The summed E-state index contributed by atoms with van der Waals surface area (Å²) in [5, 5.41) is 0. The Morgan fingerprint density at radius 2 is 1.43 bits per heavy atom. The average molecular weight is 379 g/mol. The van der Waals surface area contributed by atoms with Gasteiger partial charge in [0.1, 0.15) is 11.4 Å². The molecule has 0 saturated carbocycles. The molecule has 0 spiro atoms. The van der Waals surface area contributed by atoms with Gasteiger partial charge in [0.05, 0.1) is 0 Å². The number of carbonyl (C=O) groups is 1. The molecule has 2 saturated heterocycles. The van der Waals surface area contributed by atoms with Crippen LogP contribution in [0.1, 0.15) is 31.2 Å². The monoisotopic (exact) mass is 379 g/mol. The van der Waals surface area contributed by atoms with Crippen LogP contribution in [0.25, 0.3) is 0 Å². The molecule has 3 aliphatic heterocycles. The number of amides is 1. The van der Waals surface area contributed by atoms with Gasteiger partial charge in [-0.3, -0.25) is 14.4 Å². The Morgan fingerprint density at radius 3 is 2.11 bits per heavy atom. The number of carbonyl (C=O) groups excluding carboxylic acids is 1. The molecular formula is C22H25N3O3. The van der Waals surface area contributed by atoms with Crippen LogP contribution in [0.15, 0.2) is 33.9 Å². The Balaban J connectivity index is 1.28. The van der Waals surface area contributed by atoms with Crippen molar-refractivity contribution in [3.63, 3.8) is 0 Å². The molecule has 1 amide bonds. The van der Waals surface area contributed by atoms with Crippen LogP contribution in [0.4, 0.5) is 17.1 Å². The predicted molar refractivity (Wildman–Crippen MR) is 110 cm³/mol. The average Bonchev–Trinajstić information content (AvgIpc) is 3.40. The van der Waals surface area contributed by atoms with E-state index in [4.69, 9.17) is 0 Å². The van der Waals surface area contributed by atoms with E-state index in [-0.39, 0.29) is 22.7 Å². The molecule has 3 heterocycles. The molecule has 2 aromatic rings. The summed E-state index contributed by atoms with van der Waals surface area (Å²) in [4.78, 5) is 43.5. The molecular weight excluding hydrogens is 354 g/mol. The zero-order chi connectivity index (χ0) is 19.3. The second-order valence-corrected chi connectivity index (χ2v) is 8.18. The Bertz CT molecular complexity index is 977. The summed E-state index contributed by atoms with van der Waals surface area (Å²) in [7, 11) is 0. The maximum absolute atomic E-state index is 13.1. The minimum absolute atomic E-state index is 0.0101. The number of anilines is 3. The quantitative estimate of drug-likeness (QED) is 0.760. The van der Waals surface area contributed by atoms with Gasteiger partial charge in [-0.05, 0) is 43.7 Å². The molecule has 28 heavy (non-hydrogen) atoms. The fourth-order valence-corrected chi connectivity index (χ4v) is 5.03. The van der Waals surface area contributed by atoms with Gasteiger partial charge in [-0.15, -0.1) is 0 Å². The van der Waals surface area contributed by atoms with Gasteiger partial charge in [0.25, 0.3) is 10.9 Å². The van der Waals surface area contributed by atoms with Crippen molar-refractivity contribution in [1.82, 2.24) is 0 Å². The Morgan fingerprint density at radius 1 is 0.821 bits per heavy atom. The minimum Gasteiger partial charge on any atom is -0.366 e. The normalized spacial score (nSPS) is 20.2. The molecule has 0 aromatic heterocycles. The SMILES string of the molecule is O=C(C1CCN(c2c(N3CCCC3)c(=O)c2=O)CC1)N1CCc2ccccc21. The van der Waals surface area contributed by atoms with Gasteiger partial charge in [0.15, 0.2) is 0 Å². The molecule has 2 fully saturated rings. The lowest BCUT2D eigenvalue weighted by molar-refractivity contribution is -0.122. The molecule has 2 aromatic carbocycles. The number of benzene rings is 1. The van der Waals surface area contributed by atoms with E-state index >= 15 is 0 Å². The summed E-state index contributed by atoms with van der Waals surface area (Å²) >= 11 is 0. The predicted octanol–water partition coefficient (Wildman–Crippen LogP) is 1.69. The number of rotatable bonds is 3. The maximum Gasteiger partial charge on any atom is 0.253 e.